The summed E-state index contributed by atoms with van der Waals surface area (Å²) >= 11 is 0. The van der Waals surface area contributed by atoms with Crippen molar-refractivity contribution in [3.63, 3.8) is 0 Å². The molecule has 2 fully saturated rings. The van der Waals surface area contributed by atoms with Crippen LogP contribution in [0.25, 0.3) is 0 Å². The molecule has 2 saturated heterocycles. The highest BCUT2D eigenvalue weighted by atomic mass is 19.1. The quantitative estimate of drug-likeness (QED) is 0.882. The van der Waals surface area contributed by atoms with Crippen LogP contribution in [-0.2, 0) is 20.7 Å². The highest BCUT2D eigenvalue weighted by Crippen LogP contribution is 2.24. The van der Waals surface area contributed by atoms with Gasteiger partial charge in [0.25, 0.3) is 0 Å². The molecule has 1 aromatic rings. The van der Waals surface area contributed by atoms with E-state index >= 15 is 0 Å². The van der Waals surface area contributed by atoms with E-state index in [1.54, 1.807) is 12.1 Å². The predicted octanol–water partition coefficient (Wildman–Crippen LogP) is 1.14. The average Bonchev–Trinajstić information content (AvgIpc) is 2.62. The molecule has 2 aliphatic heterocycles. The van der Waals surface area contributed by atoms with Gasteiger partial charge in [0, 0.05) is 25.7 Å². The van der Waals surface area contributed by atoms with Crippen LogP contribution in [0, 0.1) is 5.82 Å². The molecule has 1 aromatic carbocycles. The van der Waals surface area contributed by atoms with Gasteiger partial charge in [-0.1, -0.05) is 12.1 Å². The summed E-state index contributed by atoms with van der Waals surface area (Å²) in [7, 11) is 0. The van der Waals surface area contributed by atoms with Crippen molar-refractivity contribution in [1.82, 2.24) is 9.80 Å². The Morgan fingerprint density at radius 3 is 2.68 bits per heavy atom. The molecule has 2 aliphatic rings. The van der Waals surface area contributed by atoms with Gasteiger partial charge in [-0.25, -0.2) is 9.18 Å². The lowest BCUT2D eigenvalue weighted by atomic mass is 9.94. The number of carboxylic acid groups (broad SMARTS) is 1. The Kier molecular flexibility index (Phi) is 5.65. The molecule has 7 heteroatoms. The number of hydrogen-bond donors (Lipinski definition) is 1. The Morgan fingerprint density at radius 1 is 1.24 bits per heavy atom. The van der Waals surface area contributed by atoms with E-state index in [0.29, 0.717) is 31.7 Å². The molecular formula is C18H23FN2O4. The van der Waals surface area contributed by atoms with Crippen LogP contribution >= 0.6 is 0 Å². The molecule has 0 saturated carbocycles. The molecule has 0 aliphatic carbocycles. The summed E-state index contributed by atoms with van der Waals surface area (Å²) in [5.41, 5.74) is 0.560. The summed E-state index contributed by atoms with van der Waals surface area (Å²) in [6, 6.07) is 5.19. The van der Waals surface area contributed by atoms with E-state index in [1.807, 2.05) is 0 Å². The van der Waals surface area contributed by atoms with E-state index in [2.05, 4.69) is 4.90 Å². The second-order valence-corrected chi connectivity index (χ2v) is 6.57. The number of benzene rings is 1. The second-order valence-electron chi connectivity index (χ2n) is 6.57. The average molecular weight is 350 g/mol. The third kappa shape index (κ3) is 4.35. The van der Waals surface area contributed by atoms with Crippen molar-refractivity contribution in [3.8, 4) is 0 Å². The Morgan fingerprint density at radius 2 is 2.00 bits per heavy atom. The molecule has 0 radical (unpaired) electrons. The highest BCUT2D eigenvalue weighted by molar-refractivity contribution is 5.85. The summed E-state index contributed by atoms with van der Waals surface area (Å²) in [5, 5.41) is 9.59. The van der Waals surface area contributed by atoms with E-state index in [9.17, 15) is 19.1 Å². The first kappa shape index (κ1) is 17.8. The van der Waals surface area contributed by atoms with Crippen LogP contribution in [-0.4, -0.2) is 71.7 Å². The molecule has 3 rings (SSSR count). The molecule has 1 amide bonds. The minimum absolute atomic E-state index is 0.0176. The number of amides is 1. The lowest BCUT2D eigenvalue weighted by Gasteiger charge is -2.43. The third-order valence-corrected chi connectivity index (χ3v) is 4.99. The highest BCUT2D eigenvalue weighted by Gasteiger charge is 2.38. The van der Waals surface area contributed by atoms with E-state index in [-0.39, 0.29) is 18.4 Å². The summed E-state index contributed by atoms with van der Waals surface area (Å²) in [4.78, 5) is 28.0. The number of hydrogen-bond acceptors (Lipinski definition) is 4. The minimum atomic E-state index is -0.981. The van der Waals surface area contributed by atoms with Gasteiger partial charge < -0.3 is 14.7 Å². The predicted molar refractivity (Wildman–Crippen MR) is 88.7 cm³/mol. The molecule has 2 atom stereocenters. The van der Waals surface area contributed by atoms with Crippen LogP contribution in [0.4, 0.5) is 4.39 Å². The number of halogens is 1. The fourth-order valence-corrected chi connectivity index (χ4v) is 3.68. The second kappa shape index (κ2) is 7.93. The van der Waals surface area contributed by atoms with Crippen LogP contribution in [0.1, 0.15) is 18.4 Å². The van der Waals surface area contributed by atoms with E-state index in [0.717, 1.165) is 19.5 Å². The first-order chi connectivity index (χ1) is 12.0. The molecule has 0 bridgehead atoms. The molecule has 6 nitrogen and oxygen atoms in total. The smallest absolute Gasteiger partial charge is 0.326 e. The summed E-state index contributed by atoms with van der Waals surface area (Å²) in [5.74, 6) is -1.64. The lowest BCUT2D eigenvalue weighted by Crippen LogP contribution is -2.56. The fraction of sp³-hybridized carbons (Fsp3) is 0.556. The largest absolute Gasteiger partial charge is 0.480 e. The first-order valence-electron chi connectivity index (χ1n) is 8.63. The molecule has 0 spiro atoms. The number of carbonyl (C=O) groups is 2. The number of nitrogens with zero attached hydrogens (tertiary/aromatic N) is 2. The number of aliphatic carboxylic acids is 1. The molecule has 0 aromatic heterocycles. The van der Waals surface area contributed by atoms with Crippen LogP contribution in [0.5, 0.6) is 0 Å². The van der Waals surface area contributed by atoms with Crippen LogP contribution in [0.2, 0.25) is 0 Å². The minimum Gasteiger partial charge on any atom is -0.480 e. The number of morpholine rings is 1. The first-order valence-corrected chi connectivity index (χ1v) is 8.63. The van der Waals surface area contributed by atoms with E-state index in [4.69, 9.17) is 4.74 Å². The van der Waals surface area contributed by atoms with Gasteiger partial charge in [0.1, 0.15) is 11.9 Å². The Bertz CT molecular complexity index is 633. The third-order valence-electron chi connectivity index (χ3n) is 4.99. The monoisotopic (exact) mass is 350 g/mol. The summed E-state index contributed by atoms with van der Waals surface area (Å²) < 4.78 is 18.6. The van der Waals surface area contributed by atoms with Crippen molar-refractivity contribution in [2.45, 2.75) is 31.3 Å². The van der Waals surface area contributed by atoms with Gasteiger partial charge in [-0.3, -0.25) is 9.69 Å². The Labute approximate surface area is 146 Å². The standard InChI is InChI=1S/C18H23FN2O4/c19-14-3-1-2-13(10-14)11-17(22)21-5-4-15(12-16(21)18(23)24)20-6-8-25-9-7-20/h1-3,10,15-16H,4-9,11-12H2,(H,23,24)/t15-,16-/m1/s1. The van der Waals surface area contributed by atoms with Crippen LogP contribution in [0.3, 0.4) is 0 Å². The Hall–Kier alpha value is -1.99. The zero-order chi connectivity index (χ0) is 17.8. The number of ether oxygens (including phenoxy) is 1. The van der Waals surface area contributed by atoms with Crippen LogP contribution in [0.15, 0.2) is 24.3 Å². The molecule has 1 N–H and O–H groups in total. The maximum atomic E-state index is 13.3. The number of piperidine rings is 1. The lowest BCUT2D eigenvalue weighted by molar-refractivity contribution is -0.153. The van der Waals surface area contributed by atoms with Crippen molar-refractivity contribution in [3.05, 3.63) is 35.6 Å². The topological polar surface area (TPSA) is 70.1 Å². The van der Waals surface area contributed by atoms with Crippen molar-refractivity contribution < 1.29 is 23.8 Å². The van der Waals surface area contributed by atoms with Crippen molar-refractivity contribution in [2.24, 2.45) is 0 Å². The molecule has 136 valence electrons. The van der Waals surface area contributed by atoms with Crippen LogP contribution < -0.4 is 0 Å². The molecule has 0 unspecified atom stereocenters. The van der Waals surface area contributed by atoms with Crippen molar-refractivity contribution in [1.29, 1.82) is 0 Å². The molecular weight excluding hydrogens is 327 g/mol. The van der Waals surface area contributed by atoms with E-state index in [1.165, 1.54) is 17.0 Å². The molecule has 25 heavy (non-hydrogen) atoms. The van der Waals surface area contributed by atoms with Gasteiger partial charge >= 0.3 is 5.97 Å². The zero-order valence-electron chi connectivity index (χ0n) is 14.1. The normalized spacial score (nSPS) is 24.9. The van der Waals surface area contributed by atoms with Crippen molar-refractivity contribution in [2.75, 3.05) is 32.8 Å². The van der Waals surface area contributed by atoms with Crippen molar-refractivity contribution >= 4 is 11.9 Å². The van der Waals surface area contributed by atoms with Gasteiger partial charge in [-0.15, -0.1) is 0 Å². The van der Waals surface area contributed by atoms with E-state index < -0.39 is 17.8 Å². The van der Waals surface area contributed by atoms with Gasteiger partial charge in [-0.2, -0.15) is 0 Å². The maximum absolute atomic E-state index is 13.3. The fourth-order valence-electron chi connectivity index (χ4n) is 3.68. The SMILES string of the molecule is O=C(O)[C@H]1C[C@H](N2CCOCC2)CCN1C(=O)Cc1cccc(F)c1. The molecule has 2 heterocycles. The van der Waals surface area contributed by atoms with Gasteiger partial charge in [0.05, 0.1) is 19.6 Å². The zero-order valence-corrected chi connectivity index (χ0v) is 14.1. The number of carbonyl (C=O) groups excluding carboxylic acids is 1. The Balaban J connectivity index is 1.66. The van der Waals surface area contributed by atoms with Gasteiger partial charge in [0.15, 0.2) is 0 Å². The summed E-state index contributed by atoms with van der Waals surface area (Å²) in [6.07, 6.45) is 1.19. The maximum Gasteiger partial charge on any atom is 0.326 e. The summed E-state index contributed by atoms with van der Waals surface area (Å²) in [6.45, 7) is 3.34. The number of rotatable bonds is 4. The number of carboxylic acids is 1. The van der Waals surface area contributed by atoms with Gasteiger partial charge in [-0.05, 0) is 30.5 Å². The number of likely N-dealkylation sites (tertiary alicyclic amines) is 1. The van der Waals surface area contributed by atoms with Gasteiger partial charge in [0.2, 0.25) is 5.91 Å².